The lowest BCUT2D eigenvalue weighted by atomic mass is 10.0. The van der Waals surface area contributed by atoms with Crippen molar-refractivity contribution in [1.29, 1.82) is 0 Å². The second kappa shape index (κ2) is 21.2. The molecule has 4 atom stereocenters. The summed E-state index contributed by atoms with van der Waals surface area (Å²) >= 11 is 0. The molecular weight excluding hydrogens is 718 g/mol. The average Bonchev–Trinajstić information content (AvgIpc) is 3.48. The van der Waals surface area contributed by atoms with Crippen LogP contribution in [0.15, 0.2) is 47.0 Å². The number of hydrogen-bond acceptors (Lipinski definition) is 10. The van der Waals surface area contributed by atoms with Gasteiger partial charge in [0.15, 0.2) is 5.76 Å². The largest absolute Gasteiger partial charge is 0.490 e. The lowest BCUT2D eigenvalue weighted by Gasteiger charge is -2.35. The number of nitrogens with zero attached hydrogens (tertiary/aromatic N) is 3. The maximum atomic E-state index is 14.5. The van der Waals surface area contributed by atoms with E-state index in [9.17, 15) is 24.3 Å². The Morgan fingerprint density at radius 1 is 1.02 bits per heavy atom. The van der Waals surface area contributed by atoms with E-state index in [1.807, 2.05) is 13.8 Å². The molecule has 0 fully saturated rings. The van der Waals surface area contributed by atoms with Crippen molar-refractivity contribution in [3.05, 3.63) is 59.5 Å². The van der Waals surface area contributed by atoms with Gasteiger partial charge in [-0.3, -0.25) is 14.4 Å². The van der Waals surface area contributed by atoms with Crippen LogP contribution < -0.4 is 26.4 Å². The Balaban J connectivity index is 1.43. The average molecular weight is 778 g/mol. The SMILES string of the molecule is Cc1noc(C)c1NC(=O)N(C)C[C@@H]1OCCCC[C@@H](C)Oc2ccc(NC(=O)CCCCCC(=O)Nc3ccccc3N)cc2C(=O)N([C@H](C)CO)C[C@@H]1C. The number of urea groups is 1. The number of aromatic nitrogens is 1. The Hall–Kier alpha value is -5.15. The predicted molar refractivity (Wildman–Crippen MR) is 216 cm³/mol. The Bertz CT molecular complexity index is 1760. The Morgan fingerprint density at radius 2 is 1.73 bits per heavy atom. The number of nitrogen functional groups attached to an aromatic ring is 1. The Labute approximate surface area is 329 Å². The second-order valence-electron chi connectivity index (χ2n) is 14.8. The first-order valence-corrected chi connectivity index (χ1v) is 19.5. The van der Waals surface area contributed by atoms with Gasteiger partial charge in [-0.25, -0.2) is 4.79 Å². The lowest BCUT2D eigenvalue weighted by Crippen LogP contribution is -2.48. The van der Waals surface area contributed by atoms with Crippen LogP contribution in [-0.4, -0.2) is 95.4 Å². The van der Waals surface area contributed by atoms with Crippen LogP contribution in [0.5, 0.6) is 5.75 Å². The lowest BCUT2D eigenvalue weighted by molar-refractivity contribution is -0.116. The molecule has 0 saturated carbocycles. The third-order valence-electron chi connectivity index (χ3n) is 9.94. The van der Waals surface area contributed by atoms with Crippen molar-refractivity contribution in [3.8, 4) is 5.75 Å². The first kappa shape index (κ1) is 43.6. The maximum absolute atomic E-state index is 14.5. The van der Waals surface area contributed by atoms with Gasteiger partial charge >= 0.3 is 6.03 Å². The number of anilines is 4. The number of unbranched alkanes of at least 4 members (excludes halogenated alkanes) is 2. The molecule has 1 aliphatic rings. The van der Waals surface area contributed by atoms with E-state index in [0.29, 0.717) is 78.7 Å². The molecule has 5 amide bonds. The minimum atomic E-state index is -0.560. The molecule has 1 aliphatic heterocycles. The van der Waals surface area contributed by atoms with Crippen molar-refractivity contribution in [1.82, 2.24) is 15.0 Å². The number of amides is 5. The topological polar surface area (TPSA) is 202 Å². The third kappa shape index (κ3) is 12.7. The van der Waals surface area contributed by atoms with Crippen molar-refractivity contribution < 1.29 is 38.3 Å². The van der Waals surface area contributed by atoms with Gasteiger partial charge in [0, 0.05) is 51.2 Å². The van der Waals surface area contributed by atoms with Crippen molar-refractivity contribution in [2.24, 2.45) is 5.92 Å². The minimum Gasteiger partial charge on any atom is -0.490 e. The van der Waals surface area contributed by atoms with E-state index >= 15 is 0 Å². The van der Waals surface area contributed by atoms with Gasteiger partial charge in [-0.05, 0) is 90.1 Å². The molecule has 306 valence electrons. The van der Waals surface area contributed by atoms with Crippen LogP contribution in [-0.2, 0) is 14.3 Å². The van der Waals surface area contributed by atoms with E-state index in [0.717, 1.165) is 12.8 Å². The van der Waals surface area contributed by atoms with Crippen molar-refractivity contribution in [2.45, 2.75) is 104 Å². The molecule has 2 aromatic carbocycles. The highest BCUT2D eigenvalue weighted by Crippen LogP contribution is 2.29. The number of hydrogen-bond donors (Lipinski definition) is 5. The van der Waals surface area contributed by atoms with Gasteiger partial charge < -0.3 is 50.6 Å². The molecule has 56 heavy (non-hydrogen) atoms. The van der Waals surface area contributed by atoms with Gasteiger partial charge in [0.1, 0.15) is 17.1 Å². The number of aliphatic hydroxyl groups is 1. The highest BCUT2D eigenvalue weighted by Gasteiger charge is 2.31. The number of aliphatic hydroxyl groups excluding tert-OH is 1. The molecule has 4 rings (SSSR count). The summed E-state index contributed by atoms with van der Waals surface area (Å²) in [5.41, 5.74) is 8.79. The first-order chi connectivity index (χ1) is 26.8. The monoisotopic (exact) mass is 777 g/mol. The zero-order valence-corrected chi connectivity index (χ0v) is 33.6. The number of carbonyl (C=O) groups excluding carboxylic acids is 4. The van der Waals surface area contributed by atoms with E-state index in [2.05, 4.69) is 21.1 Å². The number of carbonyl (C=O) groups is 4. The van der Waals surface area contributed by atoms with Crippen LogP contribution in [0.2, 0.25) is 0 Å². The molecule has 6 N–H and O–H groups in total. The first-order valence-electron chi connectivity index (χ1n) is 19.5. The fourth-order valence-electron chi connectivity index (χ4n) is 6.47. The molecule has 15 nitrogen and oxygen atoms in total. The van der Waals surface area contributed by atoms with Gasteiger partial charge in [-0.2, -0.15) is 0 Å². The summed E-state index contributed by atoms with van der Waals surface area (Å²) in [6.45, 7) is 9.79. The highest BCUT2D eigenvalue weighted by atomic mass is 16.5. The molecule has 0 spiro atoms. The molecular formula is C41H59N7O8. The summed E-state index contributed by atoms with van der Waals surface area (Å²) in [5, 5.41) is 22.8. The van der Waals surface area contributed by atoms with Gasteiger partial charge in [-0.1, -0.05) is 30.6 Å². The van der Waals surface area contributed by atoms with Crippen LogP contribution in [0, 0.1) is 19.8 Å². The van der Waals surface area contributed by atoms with E-state index in [1.165, 1.54) is 4.90 Å². The summed E-state index contributed by atoms with van der Waals surface area (Å²) in [6, 6.07) is 11.2. The smallest absolute Gasteiger partial charge is 0.321 e. The number of nitrogens with two attached hydrogens (primary N) is 1. The van der Waals surface area contributed by atoms with Crippen molar-refractivity contribution >= 4 is 46.5 Å². The van der Waals surface area contributed by atoms with E-state index < -0.39 is 12.1 Å². The van der Waals surface area contributed by atoms with Crippen LogP contribution >= 0.6 is 0 Å². The zero-order chi connectivity index (χ0) is 40.8. The van der Waals surface area contributed by atoms with Crippen LogP contribution in [0.1, 0.15) is 93.9 Å². The number of benzene rings is 2. The minimum absolute atomic E-state index is 0.135. The maximum Gasteiger partial charge on any atom is 0.321 e. The molecule has 0 aliphatic carbocycles. The van der Waals surface area contributed by atoms with Gasteiger partial charge in [0.05, 0.1) is 41.8 Å². The fourth-order valence-corrected chi connectivity index (χ4v) is 6.47. The number of aryl methyl sites for hydroxylation is 2. The molecule has 1 aromatic heterocycles. The summed E-state index contributed by atoms with van der Waals surface area (Å²) in [4.78, 5) is 56.2. The van der Waals surface area contributed by atoms with Crippen molar-refractivity contribution in [2.75, 3.05) is 55.0 Å². The number of likely N-dealkylation sites (N-methyl/N-ethyl adjacent to an activating group) is 1. The molecule has 3 aromatic rings. The molecule has 2 heterocycles. The number of rotatable bonds is 13. The highest BCUT2D eigenvalue weighted by molar-refractivity contribution is 6.00. The molecule has 0 bridgehead atoms. The van der Waals surface area contributed by atoms with Crippen LogP contribution in [0.3, 0.4) is 0 Å². The molecule has 0 radical (unpaired) electrons. The predicted octanol–water partition coefficient (Wildman–Crippen LogP) is 6.36. The standard InChI is InChI=1S/C41H59N7O8/c1-26-23-48(27(2)25-49)40(52)32-22-31(43-37(50)17-8-7-9-18-38(51)44-34-16-11-10-15-33(34)42)19-20-35(32)55-28(3)14-12-13-21-54-36(26)24-47(6)41(53)45-39-29(4)46-56-30(39)5/h10-11,15-16,19-20,22,26-28,36,49H,7-9,12-14,17-18,21,23-25,42H2,1-6H3,(H,43,50)(H,44,51)(H,45,53)/t26-,27+,28+,36-/m0/s1. The molecule has 0 saturated heterocycles. The van der Waals surface area contributed by atoms with Crippen LogP contribution in [0.4, 0.5) is 27.5 Å². The third-order valence-corrected chi connectivity index (χ3v) is 9.94. The van der Waals surface area contributed by atoms with Gasteiger partial charge in [0.25, 0.3) is 5.91 Å². The summed E-state index contributed by atoms with van der Waals surface area (Å²) in [7, 11) is 1.68. The summed E-state index contributed by atoms with van der Waals surface area (Å²) in [5.74, 6) is -0.0780. The molecule has 15 heteroatoms. The quantitative estimate of drug-likeness (QED) is 0.0961. The summed E-state index contributed by atoms with van der Waals surface area (Å²) < 4.78 is 17.9. The normalized spacial score (nSPS) is 18.5. The fraction of sp³-hybridized carbons (Fsp3) is 0.537. The Morgan fingerprint density at radius 3 is 2.41 bits per heavy atom. The summed E-state index contributed by atoms with van der Waals surface area (Å²) in [6.07, 6.45) is 4.09. The molecule has 0 unspecified atom stereocenters. The Kier molecular flexibility index (Phi) is 16.5. The zero-order valence-electron chi connectivity index (χ0n) is 33.6. The number of para-hydroxylation sites is 2. The van der Waals surface area contributed by atoms with Crippen LogP contribution in [0.25, 0.3) is 0 Å². The number of ether oxygens (including phenoxy) is 2. The number of nitrogens with one attached hydrogen (secondary N) is 3. The second-order valence-corrected chi connectivity index (χ2v) is 14.8. The van der Waals surface area contributed by atoms with E-state index in [-0.39, 0.29) is 67.5 Å². The van der Waals surface area contributed by atoms with E-state index in [1.54, 1.807) is 75.2 Å². The van der Waals surface area contributed by atoms with Gasteiger partial charge in [0.2, 0.25) is 11.8 Å². The van der Waals surface area contributed by atoms with Crippen molar-refractivity contribution in [3.63, 3.8) is 0 Å². The number of fused-ring (bicyclic) bond motifs is 1. The van der Waals surface area contributed by atoms with Gasteiger partial charge in [-0.15, -0.1) is 0 Å². The van der Waals surface area contributed by atoms with E-state index in [4.69, 9.17) is 19.7 Å².